The lowest BCUT2D eigenvalue weighted by Crippen LogP contribution is -2.47. The Morgan fingerprint density at radius 1 is 1.48 bits per heavy atom. The van der Waals surface area contributed by atoms with Gasteiger partial charge in [0.2, 0.25) is 5.91 Å². The first kappa shape index (κ1) is 16.5. The molecule has 1 aliphatic rings. The van der Waals surface area contributed by atoms with E-state index < -0.39 is 0 Å². The van der Waals surface area contributed by atoms with Crippen LogP contribution < -0.4 is 5.32 Å². The fourth-order valence-electron chi connectivity index (χ4n) is 3.04. The van der Waals surface area contributed by atoms with Crippen molar-refractivity contribution < 1.29 is 4.79 Å². The predicted molar refractivity (Wildman–Crippen MR) is 90.2 cm³/mol. The first-order chi connectivity index (χ1) is 9.88. The summed E-state index contributed by atoms with van der Waals surface area (Å²) in [5.74, 6) is 0.0656. The minimum absolute atomic E-state index is 0.0656. The molecule has 0 spiro atoms. The second-order valence-corrected chi connectivity index (χ2v) is 7.47. The molecule has 0 bridgehead atoms. The molecule has 1 heterocycles. The Morgan fingerprint density at radius 3 is 2.90 bits per heavy atom. The van der Waals surface area contributed by atoms with E-state index in [4.69, 9.17) is 0 Å². The zero-order chi connectivity index (χ0) is 15.5. The van der Waals surface area contributed by atoms with Gasteiger partial charge < -0.3 is 5.32 Å². The summed E-state index contributed by atoms with van der Waals surface area (Å²) in [6, 6.07) is 6.59. The molecule has 2 rings (SSSR count). The number of rotatable bonds is 4. The highest BCUT2D eigenvalue weighted by Gasteiger charge is 2.31. The van der Waals surface area contributed by atoms with Crippen molar-refractivity contribution in [1.82, 2.24) is 10.2 Å². The van der Waals surface area contributed by atoms with Crippen LogP contribution in [0.2, 0.25) is 0 Å². The molecule has 0 aromatic heterocycles. The highest BCUT2D eigenvalue weighted by atomic mass is 79.9. The highest BCUT2D eigenvalue weighted by Crippen LogP contribution is 2.30. The molecule has 1 aromatic rings. The van der Waals surface area contributed by atoms with Crippen LogP contribution in [0.1, 0.15) is 37.8 Å². The van der Waals surface area contributed by atoms with Crippen LogP contribution in [0.15, 0.2) is 22.7 Å². The Balaban J connectivity index is 1.97. The van der Waals surface area contributed by atoms with Crippen LogP contribution in [0.4, 0.5) is 0 Å². The monoisotopic (exact) mass is 352 g/mol. The Bertz CT molecular complexity index is 518. The Morgan fingerprint density at radius 2 is 2.24 bits per heavy atom. The molecule has 0 saturated carbocycles. The Kier molecular flexibility index (Phi) is 5.44. The topological polar surface area (TPSA) is 32.3 Å². The third-order valence-corrected chi connectivity index (χ3v) is 5.12. The van der Waals surface area contributed by atoms with Gasteiger partial charge in [0.25, 0.3) is 0 Å². The number of benzene rings is 1. The molecule has 116 valence electrons. The van der Waals surface area contributed by atoms with E-state index in [1.54, 1.807) is 6.92 Å². The van der Waals surface area contributed by atoms with E-state index in [1.165, 1.54) is 28.4 Å². The number of piperidine rings is 1. The SMILES string of the molecule is CC(=O)NCC1(C)CCCN(Cc2ccc(C)c(Br)c2)C1. The molecule has 1 amide bonds. The summed E-state index contributed by atoms with van der Waals surface area (Å²) >= 11 is 3.61. The van der Waals surface area contributed by atoms with Crippen LogP contribution in [0.3, 0.4) is 0 Å². The van der Waals surface area contributed by atoms with Crippen LogP contribution >= 0.6 is 15.9 Å². The van der Waals surface area contributed by atoms with E-state index in [0.29, 0.717) is 0 Å². The van der Waals surface area contributed by atoms with E-state index in [1.807, 2.05) is 0 Å². The van der Waals surface area contributed by atoms with Gasteiger partial charge in [-0.05, 0) is 48.9 Å². The number of halogens is 1. The van der Waals surface area contributed by atoms with Crippen molar-refractivity contribution in [3.63, 3.8) is 0 Å². The second-order valence-electron chi connectivity index (χ2n) is 6.62. The molecule has 1 atom stereocenters. The van der Waals surface area contributed by atoms with Crippen molar-refractivity contribution in [3.8, 4) is 0 Å². The molecule has 4 heteroatoms. The molecule has 3 nitrogen and oxygen atoms in total. The summed E-state index contributed by atoms with van der Waals surface area (Å²) in [5, 5.41) is 2.98. The normalized spacial score (nSPS) is 23.0. The van der Waals surface area contributed by atoms with Gasteiger partial charge in [-0.3, -0.25) is 9.69 Å². The number of carbonyl (C=O) groups is 1. The van der Waals surface area contributed by atoms with Gasteiger partial charge in [-0.15, -0.1) is 0 Å². The van der Waals surface area contributed by atoms with Crippen LogP contribution in [-0.2, 0) is 11.3 Å². The molecule has 0 aliphatic carbocycles. The van der Waals surface area contributed by atoms with Gasteiger partial charge >= 0.3 is 0 Å². The Labute approximate surface area is 136 Å². The molecule has 0 radical (unpaired) electrons. The van der Waals surface area contributed by atoms with Gasteiger partial charge in [0.05, 0.1) is 0 Å². The maximum absolute atomic E-state index is 11.1. The summed E-state index contributed by atoms with van der Waals surface area (Å²) in [7, 11) is 0. The summed E-state index contributed by atoms with van der Waals surface area (Å²) in [6.45, 7) is 9.91. The van der Waals surface area contributed by atoms with E-state index in [2.05, 4.69) is 58.2 Å². The molecule has 1 unspecified atom stereocenters. The number of amides is 1. The number of aryl methyl sites for hydroxylation is 1. The number of nitrogens with zero attached hydrogens (tertiary/aromatic N) is 1. The average molecular weight is 353 g/mol. The predicted octanol–water partition coefficient (Wildman–Crippen LogP) is 3.50. The molecule has 1 aromatic carbocycles. The van der Waals surface area contributed by atoms with E-state index in [-0.39, 0.29) is 11.3 Å². The number of carbonyl (C=O) groups excluding carboxylic acids is 1. The lowest BCUT2D eigenvalue weighted by Gasteiger charge is -2.40. The Hall–Kier alpha value is -0.870. The van der Waals surface area contributed by atoms with Gasteiger partial charge in [-0.2, -0.15) is 0 Å². The van der Waals surface area contributed by atoms with E-state index >= 15 is 0 Å². The third-order valence-electron chi connectivity index (χ3n) is 4.27. The smallest absolute Gasteiger partial charge is 0.216 e. The quantitative estimate of drug-likeness (QED) is 0.899. The number of hydrogen-bond acceptors (Lipinski definition) is 2. The first-order valence-corrected chi connectivity index (χ1v) is 8.39. The summed E-state index contributed by atoms with van der Waals surface area (Å²) < 4.78 is 1.18. The van der Waals surface area contributed by atoms with Gasteiger partial charge in [0.15, 0.2) is 0 Å². The standard InChI is InChI=1S/C17H25BrN2O/c1-13-5-6-15(9-16(13)18)10-20-8-4-7-17(3,12-20)11-19-14(2)21/h5-6,9H,4,7-8,10-12H2,1-3H3,(H,19,21). The van der Waals surface area contributed by atoms with Crippen LogP contribution in [0, 0.1) is 12.3 Å². The summed E-state index contributed by atoms with van der Waals surface area (Å²) in [5.41, 5.74) is 2.80. The van der Waals surface area contributed by atoms with Crippen molar-refractivity contribution in [3.05, 3.63) is 33.8 Å². The zero-order valence-electron chi connectivity index (χ0n) is 13.2. The fraction of sp³-hybridized carbons (Fsp3) is 0.588. The molecule has 1 aliphatic heterocycles. The van der Waals surface area contributed by atoms with Crippen molar-refractivity contribution in [2.75, 3.05) is 19.6 Å². The number of nitrogens with one attached hydrogen (secondary N) is 1. The third kappa shape index (κ3) is 4.82. The van der Waals surface area contributed by atoms with Crippen molar-refractivity contribution in [2.45, 2.75) is 40.2 Å². The molecule has 1 fully saturated rings. The lowest BCUT2D eigenvalue weighted by molar-refractivity contribution is -0.119. The molecular weight excluding hydrogens is 328 g/mol. The van der Waals surface area contributed by atoms with Crippen LogP contribution in [-0.4, -0.2) is 30.4 Å². The van der Waals surface area contributed by atoms with Crippen LogP contribution in [0.5, 0.6) is 0 Å². The van der Waals surface area contributed by atoms with Gasteiger partial charge in [0, 0.05) is 31.0 Å². The highest BCUT2D eigenvalue weighted by molar-refractivity contribution is 9.10. The van der Waals surface area contributed by atoms with E-state index in [9.17, 15) is 4.79 Å². The van der Waals surface area contributed by atoms with Crippen molar-refractivity contribution >= 4 is 21.8 Å². The first-order valence-electron chi connectivity index (χ1n) is 7.60. The van der Waals surface area contributed by atoms with Crippen LogP contribution in [0.25, 0.3) is 0 Å². The molecule has 1 saturated heterocycles. The van der Waals surface area contributed by atoms with Gasteiger partial charge in [0.1, 0.15) is 0 Å². The summed E-state index contributed by atoms with van der Waals surface area (Å²) in [6.07, 6.45) is 2.38. The van der Waals surface area contributed by atoms with E-state index in [0.717, 1.165) is 26.2 Å². The summed E-state index contributed by atoms with van der Waals surface area (Å²) in [4.78, 5) is 13.6. The minimum atomic E-state index is 0.0656. The molecule has 21 heavy (non-hydrogen) atoms. The van der Waals surface area contributed by atoms with Gasteiger partial charge in [-0.25, -0.2) is 0 Å². The van der Waals surface area contributed by atoms with Crippen molar-refractivity contribution in [2.24, 2.45) is 5.41 Å². The largest absolute Gasteiger partial charge is 0.356 e. The average Bonchev–Trinajstić information content (AvgIpc) is 2.41. The molecule has 1 N–H and O–H groups in total. The maximum atomic E-state index is 11.1. The number of likely N-dealkylation sites (tertiary alicyclic amines) is 1. The fourth-order valence-corrected chi connectivity index (χ4v) is 3.46. The molecular formula is C17H25BrN2O. The lowest BCUT2D eigenvalue weighted by atomic mass is 9.81. The zero-order valence-corrected chi connectivity index (χ0v) is 14.8. The van der Waals surface area contributed by atoms with Gasteiger partial charge in [-0.1, -0.05) is 35.0 Å². The minimum Gasteiger partial charge on any atom is -0.356 e. The maximum Gasteiger partial charge on any atom is 0.216 e. The number of hydrogen-bond donors (Lipinski definition) is 1. The van der Waals surface area contributed by atoms with Crippen molar-refractivity contribution in [1.29, 1.82) is 0 Å². The second kappa shape index (κ2) is 6.93.